The molecule has 1 amide bonds. The van der Waals surface area contributed by atoms with E-state index >= 15 is 0 Å². The number of hydrogen-bond acceptors (Lipinski definition) is 4. The van der Waals surface area contributed by atoms with Gasteiger partial charge in [-0.3, -0.25) is 4.79 Å². The zero-order valence-corrected chi connectivity index (χ0v) is 9.61. The number of primary amides is 1. The van der Waals surface area contributed by atoms with Gasteiger partial charge in [0.15, 0.2) is 0 Å². The fourth-order valence-corrected chi connectivity index (χ4v) is 1.60. The van der Waals surface area contributed by atoms with Gasteiger partial charge in [0.2, 0.25) is 0 Å². The molecule has 0 saturated carbocycles. The predicted octanol–water partition coefficient (Wildman–Crippen LogP) is 0.325. The highest BCUT2D eigenvalue weighted by Crippen LogP contribution is 2.25. The van der Waals surface area contributed by atoms with E-state index < -0.39 is 11.7 Å². The average Bonchev–Trinajstić information content (AvgIpc) is 2.26. The minimum absolute atomic E-state index is 0.0128. The molecule has 0 saturated heterocycles. The Balaban J connectivity index is 3.22. The SMILES string of the molecule is CCN(CCO)c1cc(C(N)=O)c(N)cc1F. The zero-order chi connectivity index (χ0) is 13.0. The lowest BCUT2D eigenvalue weighted by molar-refractivity contribution is 0.100. The van der Waals surface area contributed by atoms with Crippen molar-refractivity contribution in [1.29, 1.82) is 0 Å². The number of amides is 1. The Kier molecular flexibility index (Phi) is 4.28. The van der Waals surface area contributed by atoms with Crippen LogP contribution in [0.3, 0.4) is 0 Å². The molecule has 5 N–H and O–H groups in total. The molecule has 0 fully saturated rings. The minimum atomic E-state index is -0.705. The third-order valence-electron chi connectivity index (χ3n) is 2.48. The predicted molar refractivity (Wildman–Crippen MR) is 64.3 cm³/mol. The van der Waals surface area contributed by atoms with Crippen molar-refractivity contribution in [2.75, 3.05) is 30.3 Å². The topological polar surface area (TPSA) is 92.6 Å². The molecule has 0 radical (unpaired) electrons. The molecule has 1 aromatic rings. The van der Waals surface area contributed by atoms with E-state index in [-0.39, 0.29) is 30.1 Å². The lowest BCUT2D eigenvalue weighted by Crippen LogP contribution is -2.28. The summed E-state index contributed by atoms with van der Waals surface area (Å²) in [5, 5.41) is 8.87. The van der Waals surface area contributed by atoms with Gasteiger partial charge >= 0.3 is 0 Å². The number of aliphatic hydroxyl groups is 1. The second-order valence-corrected chi connectivity index (χ2v) is 3.56. The quantitative estimate of drug-likeness (QED) is 0.647. The number of hydrogen-bond donors (Lipinski definition) is 3. The number of carbonyl (C=O) groups excluding carboxylic acids is 1. The first-order chi connectivity index (χ1) is 8.01. The highest BCUT2D eigenvalue weighted by atomic mass is 19.1. The van der Waals surface area contributed by atoms with Gasteiger partial charge in [-0.2, -0.15) is 0 Å². The van der Waals surface area contributed by atoms with E-state index in [1.54, 1.807) is 4.90 Å². The Morgan fingerprint density at radius 1 is 1.53 bits per heavy atom. The Morgan fingerprint density at radius 2 is 2.18 bits per heavy atom. The van der Waals surface area contributed by atoms with Gasteiger partial charge in [0.05, 0.1) is 17.9 Å². The number of rotatable bonds is 5. The van der Waals surface area contributed by atoms with Crippen LogP contribution in [-0.2, 0) is 0 Å². The van der Waals surface area contributed by atoms with E-state index in [4.69, 9.17) is 16.6 Å². The summed E-state index contributed by atoms with van der Waals surface area (Å²) >= 11 is 0. The third-order valence-corrected chi connectivity index (χ3v) is 2.48. The summed E-state index contributed by atoms with van der Waals surface area (Å²) in [5.74, 6) is -1.24. The van der Waals surface area contributed by atoms with Crippen molar-refractivity contribution < 1.29 is 14.3 Å². The van der Waals surface area contributed by atoms with E-state index in [1.807, 2.05) is 6.92 Å². The van der Waals surface area contributed by atoms with Crippen molar-refractivity contribution in [3.8, 4) is 0 Å². The van der Waals surface area contributed by atoms with Crippen LogP contribution in [0, 0.1) is 5.82 Å². The molecule has 1 rings (SSSR count). The largest absolute Gasteiger partial charge is 0.398 e. The van der Waals surface area contributed by atoms with Crippen LogP contribution in [-0.4, -0.2) is 30.7 Å². The van der Waals surface area contributed by atoms with Gasteiger partial charge in [0, 0.05) is 18.8 Å². The second kappa shape index (κ2) is 5.49. The fourth-order valence-electron chi connectivity index (χ4n) is 1.60. The number of likely N-dealkylation sites (N-methyl/N-ethyl adjacent to an activating group) is 1. The Labute approximate surface area is 98.8 Å². The van der Waals surface area contributed by atoms with Gasteiger partial charge in [0.1, 0.15) is 5.82 Å². The highest BCUT2D eigenvalue weighted by molar-refractivity contribution is 5.99. The fraction of sp³-hybridized carbons (Fsp3) is 0.364. The normalized spacial score (nSPS) is 10.3. The summed E-state index contributed by atoms with van der Waals surface area (Å²) in [4.78, 5) is 12.7. The molecule has 94 valence electrons. The summed E-state index contributed by atoms with van der Waals surface area (Å²) in [6, 6.07) is 2.38. The minimum Gasteiger partial charge on any atom is -0.398 e. The zero-order valence-electron chi connectivity index (χ0n) is 9.61. The third kappa shape index (κ3) is 2.85. The number of nitrogens with zero attached hydrogens (tertiary/aromatic N) is 1. The molecular formula is C11H16FN3O2. The molecule has 0 aliphatic carbocycles. The lowest BCUT2D eigenvalue weighted by atomic mass is 10.1. The molecule has 1 aromatic carbocycles. The maximum absolute atomic E-state index is 13.7. The summed E-state index contributed by atoms with van der Waals surface area (Å²) in [6.45, 7) is 2.48. The first kappa shape index (κ1) is 13.2. The van der Waals surface area contributed by atoms with E-state index in [9.17, 15) is 9.18 Å². The van der Waals surface area contributed by atoms with Gasteiger partial charge < -0.3 is 21.5 Å². The number of halogens is 1. The molecule has 5 nitrogen and oxygen atoms in total. The Bertz CT molecular complexity index is 423. The van der Waals surface area contributed by atoms with Gasteiger partial charge in [-0.1, -0.05) is 0 Å². The first-order valence-electron chi connectivity index (χ1n) is 5.25. The van der Waals surface area contributed by atoms with Crippen LogP contribution in [0.5, 0.6) is 0 Å². The number of aliphatic hydroxyl groups excluding tert-OH is 1. The van der Waals surface area contributed by atoms with Crippen molar-refractivity contribution in [2.24, 2.45) is 5.73 Å². The van der Waals surface area contributed by atoms with E-state index in [2.05, 4.69) is 0 Å². The van der Waals surface area contributed by atoms with Gasteiger partial charge in [-0.25, -0.2) is 4.39 Å². The maximum atomic E-state index is 13.7. The van der Waals surface area contributed by atoms with Crippen LogP contribution >= 0.6 is 0 Å². The number of anilines is 2. The first-order valence-corrected chi connectivity index (χ1v) is 5.25. The van der Waals surface area contributed by atoms with E-state index in [0.29, 0.717) is 6.54 Å². The molecule has 0 bridgehead atoms. The van der Waals surface area contributed by atoms with Crippen LogP contribution in [0.1, 0.15) is 17.3 Å². The summed E-state index contributed by atoms with van der Waals surface area (Å²) < 4.78 is 13.7. The molecule has 6 heteroatoms. The summed E-state index contributed by atoms with van der Waals surface area (Å²) in [6.07, 6.45) is 0. The molecule has 0 spiro atoms. The summed E-state index contributed by atoms with van der Waals surface area (Å²) in [5.41, 5.74) is 10.9. The lowest BCUT2D eigenvalue weighted by Gasteiger charge is -2.23. The molecular weight excluding hydrogens is 225 g/mol. The highest BCUT2D eigenvalue weighted by Gasteiger charge is 2.15. The molecule has 0 atom stereocenters. The second-order valence-electron chi connectivity index (χ2n) is 3.56. The van der Waals surface area contributed by atoms with Crippen LogP contribution < -0.4 is 16.4 Å². The molecule has 0 heterocycles. The molecule has 0 aromatic heterocycles. The molecule has 0 aliphatic heterocycles. The van der Waals surface area contributed by atoms with Gasteiger partial charge in [-0.15, -0.1) is 0 Å². The maximum Gasteiger partial charge on any atom is 0.250 e. The summed E-state index contributed by atoms with van der Waals surface area (Å²) in [7, 11) is 0. The number of carbonyl (C=O) groups is 1. The number of benzene rings is 1. The molecule has 17 heavy (non-hydrogen) atoms. The van der Waals surface area contributed by atoms with Crippen molar-refractivity contribution in [3.05, 3.63) is 23.5 Å². The Morgan fingerprint density at radius 3 is 2.65 bits per heavy atom. The van der Waals surface area contributed by atoms with Crippen molar-refractivity contribution in [3.63, 3.8) is 0 Å². The van der Waals surface area contributed by atoms with Crippen LogP contribution in [0.25, 0.3) is 0 Å². The average molecular weight is 241 g/mol. The van der Waals surface area contributed by atoms with Crippen molar-refractivity contribution in [1.82, 2.24) is 0 Å². The van der Waals surface area contributed by atoms with E-state index in [0.717, 1.165) is 6.07 Å². The van der Waals surface area contributed by atoms with Crippen LogP contribution in [0.2, 0.25) is 0 Å². The van der Waals surface area contributed by atoms with Gasteiger partial charge in [0.25, 0.3) is 5.91 Å². The number of nitrogen functional groups attached to an aromatic ring is 1. The Hall–Kier alpha value is -1.82. The number of nitrogens with two attached hydrogens (primary N) is 2. The van der Waals surface area contributed by atoms with Gasteiger partial charge in [-0.05, 0) is 19.1 Å². The smallest absolute Gasteiger partial charge is 0.250 e. The van der Waals surface area contributed by atoms with Crippen molar-refractivity contribution in [2.45, 2.75) is 6.92 Å². The monoisotopic (exact) mass is 241 g/mol. The molecule has 0 aliphatic rings. The standard InChI is InChI=1S/C11H16FN3O2/c1-2-15(3-4-16)10-5-7(11(14)17)9(13)6-8(10)12/h5-6,16H,2-4,13H2,1H3,(H2,14,17). The van der Waals surface area contributed by atoms with Crippen molar-refractivity contribution >= 4 is 17.3 Å². The van der Waals surface area contributed by atoms with Crippen LogP contribution in [0.4, 0.5) is 15.8 Å². The van der Waals surface area contributed by atoms with Crippen LogP contribution in [0.15, 0.2) is 12.1 Å². The molecule has 0 unspecified atom stereocenters. The van der Waals surface area contributed by atoms with E-state index in [1.165, 1.54) is 6.07 Å².